The average Bonchev–Trinajstić information content (AvgIpc) is 3.15. The van der Waals surface area contributed by atoms with Gasteiger partial charge >= 0.3 is 0 Å². The molecule has 0 bridgehead atoms. The van der Waals surface area contributed by atoms with E-state index in [1.54, 1.807) is 0 Å². The lowest BCUT2D eigenvalue weighted by Gasteiger charge is -2.15. The van der Waals surface area contributed by atoms with Gasteiger partial charge in [-0.2, -0.15) is 0 Å². The molecule has 0 amide bonds. The van der Waals surface area contributed by atoms with E-state index < -0.39 is 15.8 Å². The third-order valence-electron chi connectivity index (χ3n) is 4.13. The molecule has 116 valence electrons. The normalized spacial score (nSPS) is 23.6. The molecular weight excluding hydrogens is 359 g/mol. The summed E-state index contributed by atoms with van der Waals surface area (Å²) in [4.78, 5) is 2.54. The number of nitrogens with one attached hydrogen (secondary N) is 1. The highest BCUT2D eigenvalue weighted by atomic mass is 79.9. The van der Waals surface area contributed by atoms with Crippen LogP contribution in [0.3, 0.4) is 0 Å². The highest BCUT2D eigenvalue weighted by Gasteiger charge is 2.34. The van der Waals surface area contributed by atoms with Gasteiger partial charge in [0.15, 0.2) is 0 Å². The van der Waals surface area contributed by atoms with Gasteiger partial charge < -0.3 is 4.90 Å². The molecule has 21 heavy (non-hydrogen) atoms. The van der Waals surface area contributed by atoms with Crippen LogP contribution >= 0.6 is 15.9 Å². The summed E-state index contributed by atoms with van der Waals surface area (Å²) in [6, 6.07) is 4.34. The number of hydrogen-bond acceptors (Lipinski definition) is 3. The van der Waals surface area contributed by atoms with Crippen molar-refractivity contribution in [3.8, 4) is 0 Å². The number of sulfonamides is 1. The fourth-order valence-corrected chi connectivity index (χ4v) is 4.96. The van der Waals surface area contributed by atoms with Crippen molar-refractivity contribution in [2.45, 2.75) is 30.2 Å². The van der Waals surface area contributed by atoms with Crippen molar-refractivity contribution >= 4 is 26.0 Å². The Labute approximate surface area is 132 Å². The monoisotopic (exact) mass is 376 g/mol. The van der Waals surface area contributed by atoms with E-state index in [0.29, 0.717) is 12.5 Å². The third-order valence-corrected chi connectivity index (χ3v) is 6.53. The summed E-state index contributed by atoms with van der Waals surface area (Å²) in [6.45, 7) is 2.48. The minimum Gasteiger partial charge on any atom is -0.300 e. The Hall–Kier alpha value is -0.500. The zero-order valence-electron chi connectivity index (χ0n) is 11.6. The first kappa shape index (κ1) is 15.4. The Morgan fingerprint density at radius 3 is 2.76 bits per heavy atom. The highest BCUT2D eigenvalue weighted by Crippen LogP contribution is 2.31. The molecule has 7 heteroatoms. The zero-order valence-corrected chi connectivity index (χ0v) is 14.0. The second-order valence-electron chi connectivity index (χ2n) is 5.81. The van der Waals surface area contributed by atoms with Crippen molar-refractivity contribution in [3.05, 3.63) is 28.5 Å². The van der Waals surface area contributed by atoms with E-state index in [9.17, 15) is 12.8 Å². The van der Waals surface area contributed by atoms with E-state index >= 15 is 0 Å². The van der Waals surface area contributed by atoms with Crippen LogP contribution in [0.15, 0.2) is 27.6 Å². The number of rotatable bonds is 5. The fraction of sp³-hybridized carbons (Fsp3) is 0.571. The number of hydrogen-bond donors (Lipinski definition) is 1. The van der Waals surface area contributed by atoms with Crippen LogP contribution in [0.2, 0.25) is 0 Å². The third kappa shape index (κ3) is 3.64. The van der Waals surface area contributed by atoms with Crippen LogP contribution in [0.4, 0.5) is 4.39 Å². The number of benzene rings is 1. The SMILES string of the molecule is O=S(=O)(NCC1CCN(C2CC2)C1)c1ccc(F)cc1Br. The predicted molar refractivity (Wildman–Crippen MR) is 82.0 cm³/mol. The van der Waals surface area contributed by atoms with Gasteiger partial charge in [-0.1, -0.05) is 0 Å². The Balaban J connectivity index is 1.61. The topological polar surface area (TPSA) is 49.4 Å². The van der Waals surface area contributed by atoms with E-state index in [-0.39, 0.29) is 9.37 Å². The van der Waals surface area contributed by atoms with Gasteiger partial charge in [0.2, 0.25) is 10.0 Å². The lowest BCUT2D eigenvalue weighted by atomic mass is 10.1. The second kappa shape index (κ2) is 5.95. The maximum absolute atomic E-state index is 13.0. The maximum Gasteiger partial charge on any atom is 0.241 e. The van der Waals surface area contributed by atoms with Crippen molar-refractivity contribution in [3.63, 3.8) is 0 Å². The van der Waals surface area contributed by atoms with Crippen molar-refractivity contribution in [2.24, 2.45) is 5.92 Å². The average molecular weight is 377 g/mol. The molecule has 1 aliphatic heterocycles. The van der Waals surface area contributed by atoms with E-state index in [2.05, 4.69) is 25.6 Å². The van der Waals surface area contributed by atoms with E-state index in [1.807, 2.05) is 0 Å². The Morgan fingerprint density at radius 1 is 1.33 bits per heavy atom. The molecule has 3 rings (SSSR count). The predicted octanol–water partition coefficient (Wildman–Crippen LogP) is 2.35. The van der Waals surface area contributed by atoms with Crippen LogP contribution in [-0.2, 0) is 10.0 Å². The summed E-state index contributed by atoms with van der Waals surface area (Å²) in [7, 11) is -3.60. The van der Waals surface area contributed by atoms with Crippen LogP contribution in [0.25, 0.3) is 0 Å². The molecule has 0 spiro atoms. The summed E-state index contributed by atoms with van der Waals surface area (Å²) in [5.41, 5.74) is 0. The van der Waals surface area contributed by atoms with Gasteiger partial charge in [0.1, 0.15) is 5.82 Å². The molecule has 0 radical (unpaired) electrons. The standard InChI is InChI=1S/C14H18BrFN2O2S/c15-13-7-11(16)1-4-14(13)21(19,20)17-8-10-5-6-18(9-10)12-2-3-12/h1,4,7,10,12,17H,2-3,5-6,8-9H2. The molecule has 2 aliphatic rings. The molecule has 1 unspecified atom stereocenters. The molecule has 4 nitrogen and oxygen atoms in total. The largest absolute Gasteiger partial charge is 0.300 e. The maximum atomic E-state index is 13.0. The second-order valence-corrected chi connectivity index (χ2v) is 8.40. The summed E-state index contributed by atoms with van der Waals surface area (Å²) in [5.74, 6) is -0.101. The van der Waals surface area contributed by atoms with Gasteiger partial charge in [0.05, 0.1) is 4.90 Å². The number of nitrogens with zero attached hydrogens (tertiary/aromatic N) is 1. The Bertz CT molecular complexity index is 634. The Morgan fingerprint density at radius 2 is 2.10 bits per heavy atom. The first-order valence-electron chi connectivity index (χ1n) is 7.14. The summed E-state index contributed by atoms with van der Waals surface area (Å²) in [6.07, 6.45) is 3.59. The first-order chi connectivity index (χ1) is 9.95. The molecule has 1 aromatic carbocycles. The lowest BCUT2D eigenvalue weighted by molar-refractivity contribution is 0.314. The first-order valence-corrected chi connectivity index (χ1v) is 9.42. The van der Waals surface area contributed by atoms with Crippen LogP contribution in [0.1, 0.15) is 19.3 Å². The molecular formula is C14H18BrFN2O2S. The highest BCUT2D eigenvalue weighted by molar-refractivity contribution is 9.10. The molecule has 1 aromatic rings. The summed E-state index contributed by atoms with van der Waals surface area (Å²) < 4.78 is 40.5. The van der Waals surface area contributed by atoms with Gasteiger partial charge in [-0.25, -0.2) is 17.5 Å². The number of halogens is 2. The van der Waals surface area contributed by atoms with E-state index in [4.69, 9.17) is 0 Å². The molecule has 1 saturated carbocycles. The minimum atomic E-state index is -3.60. The van der Waals surface area contributed by atoms with Crippen molar-refractivity contribution < 1.29 is 12.8 Å². The molecule has 1 heterocycles. The molecule has 1 aliphatic carbocycles. The molecule has 2 fully saturated rings. The molecule has 1 saturated heterocycles. The van der Waals surface area contributed by atoms with Crippen LogP contribution in [0, 0.1) is 11.7 Å². The number of likely N-dealkylation sites (tertiary alicyclic amines) is 1. The van der Waals surface area contributed by atoms with Gasteiger partial charge in [-0.15, -0.1) is 0 Å². The van der Waals surface area contributed by atoms with Crippen molar-refractivity contribution in [2.75, 3.05) is 19.6 Å². The van der Waals surface area contributed by atoms with Gasteiger partial charge in [-0.05, 0) is 65.9 Å². The zero-order chi connectivity index (χ0) is 15.0. The quantitative estimate of drug-likeness (QED) is 0.857. The molecule has 1 N–H and O–H groups in total. The van der Waals surface area contributed by atoms with E-state index in [0.717, 1.165) is 31.6 Å². The summed E-state index contributed by atoms with van der Waals surface area (Å²) >= 11 is 3.11. The van der Waals surface area contributed by atoms with Crippen molar-refractivity contribution in [1.82, 2.24) is 9.62 Å². The van der Waals surface area contributed by atoms with Crippen LogP contribution in [0.5, 0.6) is 0 Å². The van der Waals surface area contributed by atoms with Gasteiger partial charge in [-0.3, -0.25) is 0 Å². The van der Waals surface area contributed by atoms with Crippen LogP contribution < -0.4 is 4.72 Å². The lowest BCUT2D eigenvalue weighted by Crippen LogP contribution is -2.31. The van der Waals surface area contributed by atoms with Gasteiger partial charge in [0, 0.05) is 23.6 Å². The van der Waals surface area contributed by atoms with Gasteiger partial charge in [0.25, 0.3) is 0 Å². The van der Waals surface area contributed by atoms with Crippen molar-refractivity contribution in [1.29, 1.82) is 0 Å². The fourth-order valence-electron chi connectivity index (χ4n) is 2.80. The van der Waals surface area contributed by atoms with Crippen LogP contribution in [-0.4, -0.2) is 39.0 Å². The summed E-state index contributed by atoms with van der Waals surface area (Å²) in [5, 5.41) is 0. The molecule has 1 atom stereocenters. The smallest absolute Gasteiger partial charge is 0.241 e. The van der Waals surface area contributed by atoms with E-state index in [1.165, 1.54) is 25.0 Å². The Kier molecular flexibility index (Phi) is 4.36. The minimum absolute atomic E-state index is 0.0842. The molecule has 0 aromatic heterocycles.